The molecule has 32 heavy (non-hydrogen) atoms. The van der Waals surface area contributed by atoms with Crippen LogP contribution in [0.25, 0.3) is 6.08 Å². The van der Waals surface area contributed by atoms with Crippen LogP contribution in [-0.2, 0) is 17.6 Å². The van der Waals surface area contributed by atoms with Gasteiger partial charge < -0.3 is 18.7 Å². The highest BCUT2D eigenvalue weighted by Crippen LogP contribution is 2.39. The summed E-state index contributed by atoms with van der Waals surface area (Å²) in [5.74, 6) is 1.27. The summed E-state index contributed by atoms with van der Waals surface area (Å²) in [6, 6.07) is 12.8. The maximum absolute atomic E-state index is 12.8. The van der Waals surface area contributed by atoms with E-state index in [4.69, 9.17) is 18.7 Å². The number of Topliss-reactive ketones (excluding diaryl/α,β-unsaturated/α-hetero) is 1. The van der Waals surface area contributed by atoms with Crippen molar-refractivity contribution in [1.82, 2.24) is 5.16 Å². The lowest BCUT2D eigenvalue weighted by Crippen LogP contribution is -2.10. The van der Waals surface area contributed by atoms with Gasteiger partial charge in [-0.05, 0) is 47.8 Å². The summed E-state index contributed by atoms with van der Waals surface area (Å²) in [6.07, 6.45) is 3.11. The molecule has 1 aliphatic rings. The number of ketones is 1. The van der Waals surface area contributed by atoms with Gasteiger partial charge in [0.2, 0.25) is 5.78 Å². The van der Waals surface area contributed by atoms with Crippen LogP contribution in [0.1, 0.15) is 46.2 Å². The van der Waals surface area contributed by atoms with Crippen molar-refractivity contribution in [2.75, 3.05) is 7.11 Å². The molecule has 0 radical (unpaired) electrons. The summed E-state index contributed by atoms with van der Waals surface area (Å²) in [4.78, 5) is 25.1. The van der Waals surface area contributed by atoms with Crippen molar-refractivity contribution in [3.05, 3.63) is 76.2 Å². The van der Waals surface area contributed by atoms with Crippen LogP contribution in [0.3, 0.4) is 0 Å². The zero-order chi connectivity index (χ0) is 22.7. The molecule has 0 unspecified atom stereocenters. The standard InChI is InChI=1S/C25H23NO6/c1-4-16-5-7-17(8-6-16)13-21-24(28)19-10-11-20(15(2)25(19)31-21)30-23(27)12-9-18-14-22(29-3)26-32-18/h5-8,10-11,13-14H,4,9,12H2,1-3H3/b21-13-. The van der Waals surface area contributed by atoms with Gasteiger partial charge in [-0.15, -0.1) is 0 Å². The fourth-order valence-corrected chi connectivity index (χ4v) is 3.39. The number of aromatic nitrogens is 1. The van der Waals surface area contributed by atoms with E-state index in [0.29, 0.717) is 40.7 Å². The van der Waals surface area contributed by atoms with Gasteiger partial charge >= 0.3 is 5.97 Å². The first-order valence-corrected chi connectivity index (χ1v) is 10.4. The Bertz CT molecular complexity index is 1190. The number of esters is 1. The number of hydrogen-bond acceptors (Lipinski definition) is 7. The Morgan fingerprint density at radius 2 is 1.94 bits per heavy atom. The van der Waals surface area contributed by atoms with Crippen LogP contribution in [0.15, 0.2) is 52.7 Å². The second-order valence-electron chi connectivity index (χ2n) is 7.41. The lowest BCUT2D eigenvalue weighted by atomic mass is 10.0. The van der Waals surface area contributed by atoms with Crippen molar-refractivity contribution in [2.45, 2.75) is 33.1 Å². The molecule has 0 fully saturated rings. The van der Waals surface area contributed by atoms with Crippen LogP contribution in [0.4, 0.5) is 0 Å². The molecule has 7 heteroatoms. The van der Waals surface area contributed by atoms with Crippen LogP contribution in [-0.4, -0.2) is 24.0 Å². The van der Waals surface area contributed by atoms with Crippen LogP contribution in [0.2, 0.25) is 0 Å². The first-order chi connectivity index (χ1) is 15.5. The van der Waals surface area contributed by atoms with Gasteiger partial charge in [0, 0.05) is 18.1 Å². The lowest BCUT2D eigenvalue weighted by molar-refractivity contribution is -0.134. The number of fused-ring (bicyclic) bond motifs is 1. The first kappa shape index (κ1) is 21.4. The molecule has 3 aromatic rings. The number of allylic oxidation sites excluding steroid dienone is 1. The van der Waals surface area contributed by atoms with Crippen molar-refractivity contribution < 1.29 is 28.3 Å². The molecule has 4 rings (SSSR count). The maximum atomic E-state index is 12.8. The number of rotatable bonds is 7. The molecule has 0 aliphatic carbocycles. The third-order valence-corrected chi connectivity index (χ3v) is 5.27. The van der Waals surface area contributed by atoms with Gasteiger partial charge in [0.05, 0.1) is 19.1 Å². The maximum Gasteiger partial charge on any atom is 0.311 e. The molecule has 2 aromatic carbocycles. The smallest absolute Gasteiger partial charge is 0.311 e. The minimum Gasteiger partial charge on any atom is -0.479 e. The number of nitrogens with zero attached hydrogens (tertiary/aromatic N) is 1. The summed E-state index contributed by atoms with van der Waals surface area (Å²) in [7, 11) is 1.49. The second kappa shape index (κ2) is 9.09. The molecule has 0 N–H and O–H groups in total. The van der Waals surface area contributed by atoms with E-state index in [1.807, 2.05) is 24.3 Å². The number of benzene rings is 2. The molecule has 0 spiro atoms. The number of hydrogen-bond donors (Lipinski definition) is 0. The molecule has 2 heterocycles. The van der Waals surface area contributed by atoms with Gasteiger partial charge in [0.25, 0.3) is 5.88 Å². The van der Waals surface area contributed by atoms with E-state index in [-0.39, 0.29) is 18.0 Å². The minimum atomic E-state index is -0.431. The number of methoxy groups -OCH3 is 1. The van der Waals surface area contributed by atoms with Gasteiger partial charge in [-0.1, -0.05) is 31.2 Å². The van der Waals surface area contributed by atoms with Crippen LogP contribution >= 0.6 is 0 Å². The Kier molecular flexibility index (Phi) is 6.07. The van der Waals surface area contributed by atoms with E-state index < -0.39 is 5.97 Å². The quantitative estimate of drug-likeness (QED) is 0.303. The monoisotopic (exact) mass is 433 g/mol. The average molecular weight is 433 g/mol. The van der Waals surface area contributed by atoms with Crippen molar-refractivity contribution in [3.63, 3.8) is 0 Å². The summed E-state index contributed by atoms with van der Waals surface area (Å²) in [6.45, 7) is 3.85. The minimum absolute atomic E-state index is 0.105. The van der Waals surface area contributed by atoms with Gasteiger partial charge in [-0.25, -0.2) is 0 Å². The van der Waals surface area contributed by atoms with Gasteiger partial charge in [0.1, 0.15) is 17.3 Å². The summed E-state index contributed by atoms with van der Waals surface area (Å²) < 4.78 is 21.4. The molecule has 164 valence electrons. The number of carbonyl (C=O) groups is 2. The van der Waals surface area contributed by atoms with Gasteiger partial charge in [-0.2, -0.15) is 0 Å². The van der Waals surface area contributed by atoms with Crippen molar-refractivity contribution >= 4 is 17.8 Å². The topological polar surface area (TPSA) is 87.9 Å². The molecule has 1 aliphatic heterocycles. The molecule has 1 aromatic heterocycles. The summed E-state index contributed by atoms with van der Waals surface area (Å²) in [5.41, 5.74) is 3.15. The SMILES string of the molecule is CCc1ccc(/C=C2\Oc3c(ccc(OC(=O)CCc4cc(OC)no4)c3C)C2=O)cc1. The average Bonchev–Trinajstić information content (AvgIpc) is 3.40. The summed E-state index contributed by atoms with van der Waals surface area (Å²) >= 11 is 0. The van der Waals surface area contributed by atoms with Crippen LogP contribution in [0, 0.1) is 6.92 Å². The lowest BCUT2D eigenvalue weighted by Gasteiger charge is -2.09. The van der Waals surface area contributed by atoms with Crippen molar-refractivity contribution in [2.24, 2.45) is 0 Å². The molecule has 0 amide bonds. The number of aryl methyl sites for hydroxylation is 2. The molecular formula is C25H23NO6. The molecule has 0 saturated carbocycles. The molecule has 0 bridgehead atoms. The Morgan fingerprint density at radius 1 is 1.16 bits per heavy atom. The fourth-order valence-electron chi connectivity index (χ4n) is 3.39. The molecular weight excluding hydrogens is 410 g/mol. The van der Waals surface area contributed by atoms with E-state index in [1.165, 1.54) is 12.7 Å². The second-order valence-corrected chi connectivity index (χ2v) is 7.41. The Morgan fingerprint density at radius 3 is 2.62 bits per heavy atom. The number of carbonyl (C=O) groups excluding carboxylic acids is 2. The Labute approximate surface area is 185 Å². The molecule has 0 saturated heterocycles. The van der Waals surface area contributed by atoms with Crippen molar-refractivity contribution in [3.8, 4) is 17.4 Å². The highest BCUT2D eigenvalue weighted by molar-refractivity contribution is 6.15. The third kappa shape index (κ3) is 4.42. The first-order valence-electron chi connectivity index (χ1n) is 10.4. The van der Waals surface area contributed by atoms with Crippen molar-refractivity contribution in [1.29, 1.82) is 0 Å². The molecule has 7 nitrogen and oxygen atoms in total. The van der Waals surface area contributed by atoms with E-state index in [9.17, 15) is 9.59 Å². The highest BCUT2D eigenvalue weighted by Gasteiger charge is 2.30. The van der Waals surface area contributed by atoms with Crippen LogP contribution < -0.4 is 14.2 Å². The van der Waals surface area contributed by atoms with E-state index in [2.05, 4.69) is 12.1 Å². The Balaban J connectivity index is 1.45. The third-order valence-electron chi connectivity index (χ3n) is 5.27. The normalized spacial score (nSPS) is 13.7. The summed E-state index contributed by atoms with van der Waals surface area (Å²) in [5, 5.41) is 3.70. The van der Waals surface area contributed by atoms with Gasteiger partial charge in [0.15, 0.2) is 5.76 Å². The predicted molar refractivity (Wildman–Crippen MR) is 117 cm³/mol. The zero-order valence-electron chi connectivity index (χ0n) is 18.1. The van der Waals surface area contributed by atoms with Gasteiger partial charge in [-0.3, -0.25) is 9.59 Å². The zero-order valence-corrected chi connectivity index (χ0v) is 18.1. The van der Waals surface area contributed by atoms with Crippen LogP contribution in [0.5, 0.6) is 17.4 Å². The van der Waals surface area contributed by atoms with E-state index in [0.717, 1.165) is 12.0 Å². The molecule has 0 atom stereocenters. The highest BCUT2D eigenvalue weighted by atomic mass is 16.5. The van der Waals surface area contributed by atoms with E-state index in [1.54, 1.807) is 31.2 Å². The number of ether oxygens (including phenoxy) is 3. The fraction of sp³-hybridized carbons (Fsp3) is 0.240. The predicted octanol–water partition coefficient (Wildman–Crippen LogP) is 4.71. The largest absolute Gasteiger partial charge is 0.479 e. The Hall–Kier alpha value is -3.87. The van der Waals surface area contributed by atoms with E-state index >= 15 is 0 Å².